The first-order chi connectivity index (χ1) is 7.10. The van der Waals surface area contributed by atoms with Crippen LogP contribution in [0.2, 0.25) is 0 Å². The third-order valence-electron chi connectivity index (χ3n) is 3.62. The van der Waals surface area contributed by atoms with Gasteiger partial charge in [0.25, 0.3) is 0 Å². The largest absolute Gasteiger partial charge is 0.379 e. The molecule has 0 spiro atoms. The molecule has 0 aromatic rings. The highest BCUT2D eigenvalue weighted by Gasteiger charge is 2.39. The molecule has 2 rings (SSSR count). The van der Waals surface area contributed by atoms with Crippen molar-refractivity contribution in [2.75, 3.05) is 32.8 Å². The minimum Gasteiger partial charge on any atom is -0.379 e. The van der Waals surface area contributed by atoms with Crippen molar-refractivity contribution in [3.8, 4) is 0 Å². The minimum absolute atomic E-state index is 0.150. The lowest BCUT2D eigenvalue weighted by Gasteiger charge is -2.35. The minimum atomic E-state index is 0.150. The van der Waals surface area contributed by atoms with E-state index in [9.17, 15) is 0 Å². The summed E-state index contributed by atoms with van der Waals surface area (Å²) in [6.07, 6.45) is 3.52. The number of hydrogen-bond acceptors (Lipinski definition) is 3. The van der Waals surface area contributed by atoms with Gasteiger partial charge in [-0.25, -0.2) is 0 Å². The number of nitrogens with zero attached hydrogens (tertiary/aromatic N) is 1. The molecular formula is C12H22N2O. The summed E-state index contributed by atoms with van der Waals surface area (Å²) in [5, 5.41) is 0. The molecule has 2 heterocycles. The molecule has 86 valence electrons. The second-order valence-electron chi connectivity index (χ2n) is 5.33. The van der Waals surface area contributed by atoms with Crippen LogP contribution in [0, 0.1) is 5.41 Å². The molecule has 1 fully saturated rings. The van der Waals surface area contributed by atoms with Gasteiger partial charge >= 0.3 is 0 Å². The van der Waals surface area contributed by atoms with E-state index in [0.717, 1.165) is 26.3 Å². The van der Waals surface area contributed by atoms with Gasteiger partial charge in [-0.05, 0) is 13.3 Å². The quantitative estimate of drug-likeness (QED) is 0.691. The van der Waals surface area contributed by atoms with Gasteiger partial charge in [0.2, 0.25) is 0 Å². The zero-order valence-corrected chi connectivity index (χ0v) is 9.83. The smallest absolute Gasteiger partial charge is 0.0624 e. The van der Waals surface area contributed by atoms with E-state index in [2.05, 4.69) is 24.8 Å². The molecule has 15 heavy (non-hydrogen) atoms. The van der Waals surface area contributed by atoms with Crippen molar-refractivity contribution in [1.29, 1.82) is 0 Å². The Morgan fingerprint density at radius 3 is 3.07 bits per heavy atom. The van der Waals surface area contributed by atoms with Crippen LogP contribution in [-0.4, -0.2) is 43.8 Å². The summed E-state index contributed by atoms with van der Waals surface area (Å²) < 4.78 is 5.47. The molecule has 0 aliphatic carbocycles. The van der Waals surface area contributed by atoms with E-state index in [1.807, 2.05) is 0 Å². The molecule has 3 heteroatoms. The van der Waals surface area contributed by atoms with E-state index in [0.29, 0.717) is 0 Å². The zero-order valence-electron chi connectivity index (χ0n) is 9.83. The Morgan fingerprint density at radius 1 is 1.67 bits per heavy atom. The van der Waals surface area contributed by atoms with Gasteiger partial charge in [0.05, 0.1) is 13.2 Å². The van der Waals surface area contributed by atoms with Crippen molar-refractivity contribution in [2.45, 2.75) is 26.3 Å². The summed E-state index contributed by atoms with van der Waals surface area (Å²) in [5.41, 5.74) is 7.73. The molecular weight excluding hydrogens is 188 g/mol. The summed E-state index contributed by atoms with van der Waals surface area (Å²) in [7, 11) is 0. The summed E-state index contributed by atoms with van der Waals surface area (Å²) in [6.45, 7) is 9.33. The van der Waals surface area contributed by atoms with Crippen LogP contribution in [0.3, 0.4) is 0 Å². The zero-order chi connectivity index (χ0) is 10.9. The first-order valence-corrected chi connectivity index (χ1v) is 5.81. The van der Waals surface area contributed by atoms with Crippen LogP contribution in [0.1, 0.15) is 20.3 Å². The van der Waals surface area contributed by atoms with Crippen molar-refractivity contribution in [1.82, 2.24) is 4.90 Å². The first-order valence-electron chi connectivity index (χ1n) is 5.81. The van der Waals surface area contributed by atoms with Gasteiger partial charge in [0.1, 0.15) is 0 Å². The predicted octanol–water partition coefficient (Wildman–Crippen LogP) is 1.00. The van der Waals surface area contributed by atoms with Gasteiger partial charge in [-0.3, -0.25) is 4.90 Å². The standard InChI is InChI=1S/C12H22N2O/c1-10-4-3-5-14(6-10)8-12(2)9-15-7-11(12)13/h4,11H,3,5-9,13H2,1-2H3. The fourth-order valence-corrected chi connectivity index (χ4v) is 2.53. The predicted molar refractivity (Wildman–Crippen MR) is 61.7 cm³/mol. The van der Waals surface area contributed by atoms with Gasteiger partial charge < -0.3 is 10.5 Å². The van der Waals surface area contributed by atoms with Crippen molar-refractivity contribution in [3.63, 3.8) is 0 Å². The fourth-order valence-electron chi connectivity index (χ4n) is 2.53. The summed E-state index contributed by atoms with van der Waals surface area (Å²) in [5.74, 6) is 0. The molecule has 2 unspecified atom stereocenters. The molecule has 0 aromatic heterocycles. The normalized spacial score (nSPS) is 38.1. The van der Waals surface area contributed by atoms with E-state index in [4.69, 9.17) is 10.5 Å². The van der Waals surface area contributed by atoms with Crippen LogP contribution >= 0.6 is 0 Å². The number of ether oxygens (including phenoxy) is 1. The Hall–Kier alpha value is -0.380. The molecule has 0 amide bonds. The van der Waals surface area contributed by atoms with E-state index in [1.54, 1.807) is 0 Å². The molecule has 2 N–H and O–H groups in total. The molecule has 2 aliphatic rings. The molecule has 0 bridgehead atoms. The average Bonchev–Trinajstić information content (AvgIpc) is 2.47. The van der Waals surface area contributed by atoms with Crippen molar-refractivity contribution in [3.05, 3.63) is 11.6 Å². The van der Waals surface area contributed by atoms with Crippen molar-refractivity contribution < 1.29 is 4.74 Å². The Balaban J connectivity index is 1.94. The first kappa shape index (κ1) is 11.1. The van der Waals surface area contributed by atoms with Gasteiger partial charge in [0.15, 0.2) is 0 Å². The van der Waals surface area contributed by atoms with Crippen LogP contribution in [-0.2, 0) is 4.74 Å². The molecule has 0 aromatic carbocycles. The van der Waals surface area contributed by atoms with E-state index in [-0.39, 0.29) is 11.5 Å². The lowest BCUT2D eigenvalue weighted by atomic mass is 9.85. The lowest BCUT2D eigenvalue weighted by molar-refractivity contribution is 0.122. The van der Waals surface area contributed by atoms with Crippen LogP contribution < -0.4 is 5.73 Å². The monoisotopic (exact) mass is 210 g/mol. The molecule has 0 saturated carbocycles. The Labute approximate surface area is 92.3 Å². The highest BCUT2D eigenvalue weighted by molar-refractivity contribution is 5.06. The second-order valence-corrected chi connectivity index (χ2v) is 5.33. The molecule has 1 saturated heterocycles. The van der Waals surface area contributed by atoms with Crippen LogP contribution in [0.25, 0.3) is 0 Å². The van der Waals surface area contributed by atoms with Crippen molar-refractivity contribution >= 4 is 0 Å². The fraction of sp³-hybridized carbons (Fsp3) is 0.833. The summed E-state index contributed by atoms with van der Waals surface area (Å²) in [6, 6.07) is 0.198. The third-order valence-corrected chi connectivity index (χ3v) is 3.62. The Bertz CT molecular complexity index is 264. The Kier molecular flexibility index (Phi) is 3.14. The van der Waals surface area contributed by atoms with Crippen LogP contribution in [0.15, 0.2) is 11.6 Å². The summed E-state index contributed by atoms with van der Waals surface area (Å²) in [4.78, 5) is 2.50. The number of rotatable bonds is 2. The average molecular weight is 210 g/mol. The van der Waals surface area contributed by atoms with E-state index >= 15 is 0 Å². The van der Waals surface area contributed by atoms with Crippen LogP contribution in [0.4, 0.5) is 0 Å². The van der Waals surface area contributed by atoms with Gasteiger partial charge in [-0.1, -0.05) is 18.6 Å². The SMILES string of the molecule is CC1=CCCN(CC2(C)COCC2N)C1. The lowest BCUT2D eigenvalue weighted by Crippen LogP contribution is -2.48. The molecule has 0 radical (unpaired) electrons. The maximum atomic E-state index is 6.10. The van der Waals surface area contributed by atoms with Gasteiger partial charge in [-0.15, -0.1) is 0 Å². The van der Waals surface area contributed by atoms with Crippen LogP contribution in [0.5, 0.6) is 0 Å². The maximum absolute atomic E-state index is 6.10. The van der Waals surface area contributed by atoms with Gasteiger partial charge in [-0.2, -0.15) is 0 Å². The molecule has 3 nitrogen and oxygen atoms in total. The van der Waals surface area contributed by atoms with Gasteiger partial charge in [0, 0.05) is 31.1 Å². The van der Waals surface area contributed by atoms with E-state index in [1.165, 1.54) is 18.5 Å². The Morgan fingerprint density at radius 2 is 2.47 bits per heavy atom. The summed E-state index contributed by atoms with van der Waals surface area (Å²) >= 11 is 0. The number of hydrogen-bond donors (Lipinski definition) is 1. The number of nitrogens with two attached hydrogens (primary N) is 1. The molecule has 2 aliphatic heterocycles. The second kappa shape index (κ2) is 4.24. The third kappa shape index (κ3) is 2.41. The van der Waals surface area contributed by atoms with E-state index < -0.39 is 0 Å². The van der Waals surface area contributed by atoms with Crippen molar-refractivity contribution in [2.24, 2.45) is 11.1 Å². The highest BCUT2D eigenvalue weighted by atomic mass is 16.5. The highest BCUT2D eigenvalue weighted by Crippen LogP contribution is 2.29. The molecule has 2 atom stereocenters. The topological polar surface area (TPSA) is 38.5 Å². The maximum Gasteiger partial charge on any atom is 0.0624 e.